The Hall–Kier alpha value is -1.22. The van der Waals surface area contributed by atoms with E-state index >= 15 is 0 Å². The molecule has 1 atom stereocenters. The van der Waals surface area contributed by atoms with Gasteiger partial charge in [0.2, 0.25) is 0 Å². The van der Waals surface area contributed by atoms with Gasteiger partial charge < -0.3 is 14.8 Å². The molecule has 1 unspecified atom stereocenters. The van der Waals surface area contributed by atoms with Crippen molar-refractivity contribution < 1.29 is 9.47 Å². The molecule has 3 heteroatoms. The number of aryl methyl sites for hydroxylation is 1. The van der Waals surface area contributed by atoms with Crippen molar-refractivity contribution in [2.75, 3.05) is 20.8 Å². The Bertz CT molecular complexity index is 415. The van der Waals surface area contributed by atoms with E-state index in [1.54, 1.807) is 14.2 Å². The molecular weight excluding hydrogens is 250 g/mol. The van der Waals surface area contributed by atoms with Crippen LogP contribution in [-0.2, 0) is 6.42 Å². The van der Waals surface area contributed by atoms with Crippen LogP contribution in [0.5, 0.6) is 11.5 Å². The van der Waals surface area contributed by atoms with Gasteiger partial charge in [-0.15, -0.1) is 0 Å². The first-order chi connectivity index (χ1) is 9.78. The van der Waals surface area contributed by atoms with E-state index in [0.717, 1.165) is 30.4 Å². The molecule has 3 nitrogen and oxygen atoms in total. The molecule has 0 heterocycles. The Morgan fingerprint density at radius 1 is 1.25 bits per heavy atom. The van der Waals surface area contributed by atoms with Crippen LogP contribution in [-0.4, -0.2) is 26.8 Å². The van der Waals surface area contributed by atoms with E-state index in [2.05, 4.69) is 18.3 Å². The van der Waals surface area contributed by atoms with Crippen LogP contribution in [0.4, 0.5) is 0 Å². The lowest BCUT2D eigenvalue weighted by atomic mass is 10.0. The van der Waals surface area contributed by atoms with E-state index in [1.165, 1.54) is 31.2 Å². The molecule has 1 N–H and O–H groups in total. The Labute approximate surface area is 122 Å². The average Bonchev–Trinajstić information content (AvgIpc) is 3.31. The van der Waals surface area contributed by atoms with Gasteiger partial charge in [0.15, 0.2) is 0 Å². The zero-order valence-corrected chi connectivity index (χ0v) is 12.9. The Kier molecular flexibility index (Phi) is 5.72. The van der Waals surface area contributed by atoms with Gasteiger partial charge in [0.05, 0.1) is 14.2 Å². The van der Waals surface area contributed by atoms with Crippen LogP contribution in [0, 0.1) is 5.92 Å². The quantitative estimate of drug-likeness (QED) is 0.750. The summed E-state index contributed by atoms with van der Waals surface area (Å²) in [5.41, 5.74) is 1.25. The molecule has 0 spiro atoms. The lowest BCUT2D eigenvalue weighted by Gasteiger charge is -2.19. The van der Waals surface area contributed by atoms with Crippen molar-refractivity contribution >= 4 is 0 Å². The van der Waals surface area contributed by atoms with E-state index in [-0.39, 0.29) is 0 Å². The van der Waals surface area contributed by atoms with E-state index in [0.29, 0.717) is 6.04 Å². The van der Waals surface area contributed by atoms with Crippen molar-refractivity contribution in [3.63, 3.8) is 0 Å². The monoisotopic (exact) mass is 277 g/mol. The van der Waals surface area contributed by atoms with Crippen LogP contribution in [0.15, 0.2) is 18.2 Å². The second-order valence-corrected chi connectivity index (χ2v) is 5.61. The van der Waals surface area contributed by atoms with Crippen LogP contribution >= 0.6 is 0 Å². The molecule has 0 bridgehead atoms. The summed E-state index contributed by atoms with van der Waals surface area (Å²) in [7, 11) is 3.44. The molecule has 112 valence electrons. The first-order valence-electron chi connectivity index (χ1n) is 7.72. The van der Waals surface area contributed by atoms with Gasteiger partial charge in [0.1, 0.15) is 11.5 Å². The predicted molar refractivity (Wildman–Crippen MR) is 82.7 cm³/mol. The van der Waals surface area contributed by atoms with Crippen LogP contribution in [0.2, 0.25) is 0 Å². The first kappa shape index (κ1) is 15.2. The van der Waals surface area contributed by atoms with E-state index in [4.69, 9.17) is 9.47 Å². The van der Waals surface area contributed by atoms with Crippen molar-refractivity contribution in [2.45, 2.75) is 45.1 Å². The summed E-state index contributed by atoms with van der Waals surface area (Å²) < 4.78 is 10.8. The van der Waals surface area contributed by atoms with Crippen LogP contribution in [0.25, 0.3) is 0 Å². The molecule has 0 radical (unpaired) electrons. The fraction of sp³-hybridized carbons (Fsp3) is 0.647. The summed E-state index contributed by atoms with van der Waals surface area (Å²) in [6, 6.07) is 6.71. The number of ether oxygens (including phenoxy) is 2. The maximum absolute atomic E-state index is 5.46. The summed E-state index contributed by atoms with van der Waals surface area (Å²) in [5, 5.41) is 3.70. The highest BCUT2D eigenvalue weighted by molar-refractivity contribution is 5.40. The fourth-order valence-corrected chi connectivity index (χ4v) is 2.72. The highest BCUT2D eigenvalue weighted by atomic mass is 16.5. The molecule has 1 aromatic rings. The van der Waals surface area contributed by atoms with Crippen LogP contribution in [0.3, 0.4) is 0 Å². The van der Waals surface area contributed by atoms with Gasteiger partial charge in [0.25, 0.3) is 0 Å². The van der Waals surface area contributed by atoms with Crippen molar-refractivity contribution in [1.82, 2.24) is 5.32 Å². The second kappa shape index (κ2) is 7.53. The van der Waals surface area contributed by atoms with Gasteiger partial charge >= 0.3 is 0 Å². The van der Waals surface area contributed by atoms with Crippen molar-refractivity contribution in [3.05, 3.63) is 23.8 Å². The molecule has 2 rings (SSSR count). The summed E-state index contributed by atoms with van der Waals surface area (Å²) in [5.74, 6) is 2.76. The van der Waals surface area contributed by atoms with Gasteiger partial charge in [0, 0.05) is 6.04 Å². The Balaban J connectivity index is 1.96. The molecule has 1 aliphatic rings. The zero-order chi connectivity index (χ0) is 14.4. The smallest absolute Gasteiger partial charge is 0.122 e. The number of hydrogen-bond acceptors (Lipinski definition) is 3. The van der Waals surface area contributed by atoms with Gasteiger partial charge in [-0.2, -0.15) is 0 Å². The van der Waals surface area contributed by atoms with Gasteiger partial charge in [-0.05, 0) is 68.3 Å². The summed E-state index contributed by atoms with van der Waals surface area (Å²) >= 11 is 0. The lowest BCUT2D eigenvalue weighted by Crippen LogP contribution is -2.32. The molecular formula is C17H27NO2. The van der Waals surface area contributed by atoms with Crippen molar-refractivity contribution in [1.29, 1.82) is 0 Å². The number of rotatable bonds is 9. The van der Waals surface area contributed by atoms with Crippen molar-refractivity contribution in [2.24, 2.45) is 5.92 Å². The summed E-state index contributed by atoms with van der Waals surface area (Å²) in [6.45, 7) is 3.35. The highest BCUT2D eigenvalue weighted by Gasteiger charge is 2.30. The maximum atomic E-state index is 5.46. The minimum Gasteiger partial charge on any atom is -0.497 e. The molecule has 0 aromatic heterocycles. The third-order valence-electron chi connectivity index (χ3n) is 4.06. The normalized spacial score (nSPS) is 15.9. The van der Waals surface area contributed by atoms with Gasteiger partial charge in [-0.25, -0.2) is 0 Å². The molecule has 0 amide bonds. The highest BCUT2D eigenvalue weighted by Crippen LogP contribution is 2.35. The predicted octanol–water partition coefficient (Wildman–Crippen LogP) is 3.41. The third-order valence-corrected chi connectivity index (χ3v) is 4.06. The summed E-state index contributed by atoms with van der Waals surface area (Å²) in [4.78, 5) is 0. The fourth-order valence-electron chi connectivity index (χ4n) is 2.72. The van der Waals surface area contributed by atoms with Gasteiger partial charge in [-0.1, -0.05) is 6.92 Å². The van der Waals surface area contributed by atoms with Crippen LogP contribution < -0.4 is 14.8 Å². The Morgan fingerprint density at radius 3 is 2.65 bits per heavy atom. The lowest BCUT2D eigenvalue weighted by molar-refractivity contribution is 0.392. The Morgan fingerprint density at radius 2 is 2.05 bits per heavy atom. The standard InChI is InChI=1S/C17H27NO2/c1-4-11-18-16(13-5-6-13)9-7-14-12-15(19-2)8-10-17(14)20-3/h8,10,12-13,16,18H,4-7,9,11H2,1-3H3. The molecule has 20 heavy (non-hydrogen) atoms. The largest absolute Gasteiger partial charge is 0.497 e. The first-order valence-corrected chi connectivity index (χ1v) is 7.72. The number of hydrogen-bond donors (Lipinski definition) is 1. The average molecular weight is 277 g/mol. The van der Waals surface area contributed by atoms with Crippen LogP contribution in [0.1, 0.15) is 38.2 Å². The third kappa shape index (κ3) is 4.14. The topological polar surface area (TPSA) is 30.5 Å². The van der Waals surface area contributed by atoms with E-state index in [1.807, 2.05) is 12.1 Å². The minimum absolute atomic E-state index is 0.658. The SMILES string of the molecule is CCCNC(CCc1cc(OC)ccc1OC)C1CC1. The molecule has 1 aliphatic carbocycles. The van der Waals surface area contributed by atoms with E-state index in [9.17, 15) is 0 Å². The van der Waals surface area contributed by atoms with Crippen molar-refractivity contribution in [3.8, 4) is 11.5 Å². The molecule has 0 saturated heterocycles. The zero-order valence-electron chi connectivity index (χ0n) is 12.9. The molecule has 1 aromatic carbocycles. The summed E-state index contributed by atoms with van der Waals surface area (Å²) in [6.07, 6.45) is 6.19. The second-order valence-electron chi connectivity index (χ2n) is 5.61. The van der Waals surface area contributed by atoms with E-state index < -0.39 is 0 Å². The number of nitrogens with one attached hydrogen (secondary N) is 1. The molecule has 1 saturated carbocycles. The molecule has 1 fully saturated rings. The number of methoxy groups -OCH3 is 2. The number of benzene rings is 1. The molecule has 0 aliphatic heterocycles. The minimum atomic E-state index is 0.658. The van der Waals surface area contributed by atoms with Gasteiger partial charge in [-0.3, -0.25) is 0 Å². The maximum Gasteiger partial charge on any atom is 0.122 e.